The highest BCUT2D eigenvalue weighted by molar-refractivity contribution is 6.09. The Labute approximate surface area is 332 Å². The predicted octanol–water partition coefficient (Wildman–Crippen LogP) is 13.6. The van der Waals surface area contributed by atoms with Gasteiger partial charge in [-0.05, 0) is 118 Å². The molecule has 4 aliphatic carbocycles. The largest absolute Gasteiger partial charge is 0.309 e. The third-order valence-electron chi connectivity index (χ3n) is 12.5. The van der Waals surface area contributed by atoms with Gasteiger partial charge in [0.1, 0.15) is 0 Å². The second-order valence-corrected chi connectivity index (χ2v) is 15.3. The second kappa shape index (κ2) is 12.3. The molecule has 2 nitrogen and oxygen atoms in total. The van der Waals surface area contributed by atoms with Gasteiger partial charge in [0.2, 0.25) is 0 Å². The maximum Gasteiger partial charge on any atom is 0.0974 e. The van der Waals surface area contributed by atoms with Crippen molar-refractivity contribution in [3.8, 4) is 16.8 Å². The van der Waals surface area contributed by atoms with E-state index >= 15 is 0 Å². The fraction of sp³-hybridized carbons (Fsp3) is 0.0545. The van der Waals surface area contributed by atoms with Crippen LogP contribution in [0.3, 0.4) is 0 Å². The number of para-hydroxylation sites is 3. The predicted molar refractivity (Wildman–Crippen MR) is 236 cm³/mol. The van der Waals surface area contributed by atoms with Crippen LogP contribution in [-0.2, 0) is 5.41 Å². The number of benzene rings is 7. The van der Waals surface area contributed by atoms with Crippen molar-refractivity contribution < 1.29 is 0 Å². The van der Waals surface area contributed by atoms with Crippen LogP contribution in [0.4, 0.5) is 11.4 Å². The lowest BCUT2D eigenvalue weighted by Crippen LogP contribution is -2.27. The highest BCUT2D eigenvalue weighted by atomic mass is 15.1. The summed E-state index contributed by atoms with van der Waals surface area (Å²) in [5, 5.41) is 2.53. The van der Waals surface area contributed by atoms with Crippen LogP contribution >= 0.6 is 0 Å². The lowest BCUT2D eigenvalue weighted by atomic mass is 9.69. The summed E-state index contributed by atoms with van der Waals surface area (Å²) in [6, 6.07) is 62.0. The third kappa shape index (κ3) is 4.49. The van der Waals surface area contributed by atoms with Crippen LogP contribution in [0, 0.1) is 0 Å². The Morgan fingerprint density at radius 3 is 1.84 bits per heavy atom. The van der Waals surface area contributed by atoms with E-state index in [1.807, 2.05) is 0 Å². The molecule has 0 unspecified atom stereocenters. The van der Waals surface area contributed by atoms with Gasteiger partial charge in [0.25, 0.3) is 0 Å². The summed E-state index contributed by atoms with van der Waals surface area (Å²) in [6.45, 7) is 0. The average molecular weight is 725 g/mol. The molecule has 0 N–H and O–H groups in total. The summed E-state index contributed by atoms with van der Waals surface area (Å²) in [6.07, 6.45) is 11.2. The van der Waals surface area contributed by atoms with Crippen molar-refractivity contribution in [1.29, 1.82) is 0 Å². The minimum atomic E-state index is -0.363. The first-order chi connectivity index (χ1) is 28.3. The van der Waals surface area contributed by atoms with E-state index < -0.39 is 0 Å². The molecule has 266 valence electrons. The molecule has 0 radical (unpaired) electrons. The van der Waals surface area contributed by atoms with Gasteiger partial charge < -0.3 is 9.47 Å². The van der Waals surface area contributed by atoms with Crippen LogP contribution < -0.4 is 4.90 Å². The third-order valence-corrected chi connectivity index (χ3v) is 12.5. The fourth-order valence-corrected chi connectivity index (χ4v) is 10.2. The SMILES string of the molecule is C1=C=C(N(c2ccccc2)c2cccc3c2C2=C(C=CCC2)C32c3ccccc3-c3ccccc32)C=CC=1c1ccc(-n2c3ccccc3c3ccccc32)cc1. The number of fused-ring (bicyclic) bond motifs is 12. The van der Waals surface area contributed by atoms with Gasteiger partial charge in [-0.15, -0.1) is 0 Å². The molecule has 0 bridgehead atoms. The quantitative estimate of drug-likeness (QED) is 0.160. The molecule has 4 aliphatic rings. The van der Waals surface area contributed by atoms with Crippen molar-refractivity contribution in [2.45, 2.75) is 18.3 Å². The van der Waals surface area contributed by atoms with Gasteiger partial charge >= 0.3 is 0 Å². The molecule has 0 saturated heterocycles. The Morgan fingerprint density at radius 2 is 1.16 bits per heavy atom. The second-order valence-electron chi connectivity index (χ2n) is 15.3. The minimum absolute atomic E-state index is 0.363. The first-order valence-corrected chi connectivity index (χ1v) is 19.9. The number of hydrogen-bond acceptors (Lipinski definition) is 1. The smallest absolute Gasteiger partial charge is 0.0974 e. The van der Waals surface area contributed by atoms with Crippen LogP contribution in [0.15, 0.2) is 217 Å². The molecule has 0 amide bonds. The summed E-state index contributed by atoms with van der Waals surface area (Å²) in [4.78, 5) is 2.39. The molecule has 0 atom stereocenters. The summed E-state index contributed by atoms with van der Waals surface area (Å²) in [7, 11) is 0. The summed E-state index contributed by atoms with van der Waals surface area (Å²) in [5.41, 5.74) is 26.8. The number of hydrogen-bond donors (Lipinski definition) is 0. The molecule has 2 heteroatoms. The fourth-order valence-electron chi connectivity index (χ4n) is 10.2. The van der Waals surface area contributed by atoms with E-state index in [0.717, 1.165) is 41.1 Å². The highest BCUT2D eigenvalue weighted by Crippen LogP contribution is 2.64. The molecule has 1 spiro atoms. The zero-order valence-corrected chi connectivity index (χ0v) is 31.3. The van der Waals surface area contributed by atoms with E-state index in [9.17, 15) is 0 Å². The average Bonchev–Trinajstić information content (AvgIpc) is 3.90. The normalized spacial score (nSPS) is 15.4. The minimum Gasteiger partial charge on any atom is -0.309 e. The van der Waals surface area contributed by atoms with Gasteiger partial charge in [-0.3, -0.25) is 0 Å². The standard InChI is InChI=1S/C55H36N2/c1-2-15-39(16-3-1)56(40-33-29-37(30-34-40)38-31-35-41(36-32-38)57-51-26-12-7-19-44(51)45-20-8-13-27-52(45)57)53-28-14-25-50-54(53)46-21-6-11-24-49(46)55(50)47-22-9-4-17-42(47)43-18-5-10-23-48(43)55/h1-5,7-20,22-29,31-33,35-36H,6,21H2. The monoisotopic (exact) mass is 724 g/mol. The molecular formula is C55H36N2. The number of rotatable bonds is 5. The van der Waals surface area contributed by atoms with Crippen LogP contribution in [0.1, 0.15) is 40.7 Å². The number of anilines is 2. The lowest BCUT2D eigenvalue weighted by Gasteiger charge is -2.33. The Balaban J connectivity index is 1.01. The van der Waals surface area contributed by atoms with Gasteiger partial charge in [0, 0.05) is 33.3 Å². The first kappa shape index (κ1) is 32.0. The van der Waals surface area contributed by atoms with E-state index in [2.05, 4.69) is 215 Å². The summed E-state index contributed by atoms with van der Waals surface area (Å²) in [5.74, 6) is 0. The molecule has 57 heavy (non-hydrogen) atoms. The van der Waals surface area contributed by atoms with Crippen molar-refractivity contribution in [3.63, 3.8) is 0 Å². The topological polar surface area (TPSA) is 8.17 Å². The molecule has 0 saturated carbocycles. The Hall–Kier alpha value is -7.34. The Bertz CT molecular complexity index is 3090. The van der Waals surface area contributed by atoms with Crippen molar-refractivity contribution in [1.82, 2.24) is 4.57 Å². The molecule has 0 fully saturated rings. The zero-order valence-electron chi connectivity index (χ0n) is 31.3. The number of aromatic nitrogens is 1. The van der Waals surface area contributed by atoms with Crippen LogP contribution in [0.2, 0.25) is 0 Å². The molecule has 0 aliphatic heterocycles. The van der Waals surface area contributed by atoms with Gasteiger partial charge in [0.05, 0.1) is 27.8 Å². The molecule has 12 rings (SSSR count). The highest BCUT2D eigenvalue weighted by Gasteiger charge is 2.53. The Morgan fingerprint density at radius 1 is 0.526 bits per heavy atom. The lowest BCUT2D eigenvalue weighted by molar-refractivity contribution is 0.780. The van der Waals surface area contributed by atoms with Crippen LogP contribution in [0.5, 0.6) is 0 Å². The number of allylic oxidation sites excluding steroid dienone is 7. The van der Waals surface area contributed by atoms with Crippen LogP contribution in [-0.4, -0.2) is 4.57 Å². The van der Waals surface area contributed by atoms with Gasteiger partial charge in [-0.1, -0.05) is 145 Å². The maximum absolute atomic E-state index is 3.64. The molecule has 8 aromatic rings. The van der Waals surface area contributed by atoms with E-state index in [1.54, 1.807) is 0 Å². The van der Waals surface area contributed by atoms with Gasteiger partial charge in [0.15, 0.2) is 0 Å². The van der Waals surface area contributed by atoms with Gasteiger partial charge in [-0.2, -0.15) is 0 Å². The van der Waals surface area contributed by atoms with Crippen LogP contribution in [0.25, 0.3) is 49.8 Å². The molecule has 1 heterocycles. The van der Waals surface area contributed by atoms with E-state index in [1.165, 1.54) is 72.0 Å². The summed E-state index contributed by atoms with van der Waals surface area (Å²) >= 11 is 0. The van der Waals surface area contributed by atoms with E-state index in [4.69, 9.17) is 0 Å². The van der Waals surface area contributed by atoms with Crippen molar-refractivity contribution in [2.75, 3.05) is 4.90 Å². The molecule has 1 aromatic heterocycles. The van der Waals surface area contributed by atoms with Crippen molar-refractivity contribution in [3.05, 3.63) is 245 Å². The molecule has 7 aromatic carbocycles. The van der Waals surface area contributed by atoms with E-state index in [0.29, 0.717) is 0 Å². The first-order valence-electron chi connectivity index (χ1n) is 19.9. The van der Waals surface area contributed by atoms with Crippen molar-refractivity contribution >= 4 is 44.3 Å². The van der Waals surface area contributed by atoms with E-state index in [-0.39, 0.29) is 5.41 Å². The Kier molecular flexibility index (Phi) is 6.92. The van der Waals surface area contributed by atoms with Gasteiger partial charge in [-0.25, -0.2) is 0 Å². The zero-order chi connectivity index (χ0) is 37.5. The number of nitrogens with zero attached hydrogens (tertiary/aromatic N) is 2. The maximum atomic E-state index is 3.64. The molecular weight excluding hydrogens is 689 g/mol. The van der Waals surface area contributed by atoms with Crippen molar-refractivity contribution in [2.24, 2.45) is 0 Å². The summed E-state index contributed by atoms with van der Waals surface area (Å²) < 4.78 is 2.36.